The number of allylic oxidation sites excluding steroid dienone is 1. The Bertz CT molecular complexity index is 170. The van der Waals surface area contributed by atoms with Crippen molar-refractivity contribution in [3.05, 3.63) is 23.6 Å². The van der Waals surface area contributed by atoms with Crippen LogP contribution in [0.5, 0.6) is 0 Å². The van der Waals surface area contributed by atoms with Gasteiger partial charge < -0.3 is 0 Å². The molecule has 0 fully saturated rings. The van der Waals surface area contributed by atoms with Crippen molar-refractivity contribution < 1.29 is 0 Å². The monoisotopic (exact) mass is 139 g/mol. The van der Waals surface area contributed by atoms with Crippen molar-refractivity contribution in [2.45, 2.75) is 13.0 Å². The molecule has 2 heteroatoms. The molecule has 1 heterocycles. The Balaban J connectivity index is 2.71. The van der Waals surface area contributed by atoms with Crippen molar-refractivity contribution in [3.8, 4) is 0 Å². The van der Waals surface area contributed by atoms with Crippen LogP contribution in [0.4, 0.5) is 0 Å². The van der Waals surface area contributed by atoms with Crippen LogP contribution in [-0.2, 0) is 0 Å². The Morgan fingerprint density at radius 1 is 1.89 bits per heavy atom. The van der Waals surface area contributed by atoms with E-state index in [2.05, 4.69) is 17.6 Å². The highest BCUT2D eigenvalue weighted by atomic mass is 32.2. The van der Waals surface area contributed by atoms with E-state index in [0.29, 0.717) is 0 Å². The Labute approximate surface area is 59.6 Å². The average Bonchev–Trinajstić information content (AvgIpc) is 2.33. The van der Waals surface area contributed by atoms with Crippen molar-refractivity contribution in [3.63, 3.8) is 0 Å². The molecule has 1 rings (SSSR count). The molecule has 1 nitrogen and oxygen atoms in total. The van der Waals surface area contributed by atoms with Crippen molar-refractivity contribution in [2.75, 3.05) is 0 Å². The fraction of sp³-hybridized carbons (Fsp3) is 0.286. The lowest BCUT2D eigenvalue weighted by Crippen LogP contribution is -1.94. The zero-order valence-electron chi connectivity index (χ0n) is 5.37. The second kappa shape index (κ2) is 2.87. The van der Waals surface area contributed by atoms with Crippen LogP contribution in [-0.4, -0.2) is 11.6 Å². The molecule has 0 aromatic carbocycles. The van der Waals surface area contributed by atoms with Crippen LogP contribution in [0.1, 0.15) is 6.92 Å². The zero-order valence-corrected chi connectivity index (χ0v) is 6.19. The zero-order chi connectivity index (χ0) is 6.69. The predicted octanol–water partition coefficient (Wildman–Crippen LogP) is 2.22. The van der Waals surface area contributed by atoms with Gasteiger partial charge in [0.2, 0.25) is 0 Å². The molecule has 0 bridgehead atoms. The quantitative estimate of drug-likeness (QED) is 0.507. The molecule has 0 aromatic heterocycles. The summed E-state index contributed by atoms with van der Waals surface area (Å²) in [6, 6.07) is 0.236. The van der Waals surface area contributed by atoms with E-state index in [4.69, 9.17) is 0 Å². The van der Waals surface area contributed by atoms with E-state index in [-0.39, 0.29) is 6.04 Å². The van der Waals surface area contributed by atoms with Crippen LogP contribution in [0.2, 0.25) is 0 Å². The maximum atomic E-state index is 4.16. The standard InChI is InChI=1S/C7H9NS/c1-3-6-7(4-2)9-5-8-6/h3-6H,1H2,2H3/b7-4+. The molecule has 1 atom stereocenters. The Morgan fingerprint density at radius 3 is 3.11 bits per heavy atom. The van der Waals surface area contributed by atoms with E-state index in [0.717, 1.165) is 0 Å². The Kier molecular flexibility index (Phi) is 2.11. The molecule has 0 aromatic rings. The maximum absolute atomic E-state index is 4.16. The van der Waals surface area contributed by atoms with Gasteiger partial charge in [-0.3, -0.25) is 4.99 Å². The topological polar surface area (TPSA) is 12.4 Å². The van der Waals surface area contributed by atoms with Gasteiger partial charge in [-0.05, 0) is 6.92 Å². The van der Waals surface area contributed by atoms with Crippen LogP contribution >= 0.6 is 11.8 Å². The number of thioether (sulfide) groups is 1. The average molecular weight is 139 g/mol. The molecule has 9 heavy (non-hydrogen) atoms. The normalized spacial score (nSPS) is 29.4. The minimum absolute atomic E-state index is 0.236. The lowest BCUT2D eigenvalue weighted by molar-refractivity contribution is 1.03. The van der Waals surface area contributed by atoms with Crippen molar-refractivity contribution in [1.29, 1.82) is 0 Å². The molecule has 0 amide bonds. The van der Waals surface area contributed by atoms with Crippen molar-refractivity contribution in [2.24, 2.45) is 4.99 Å². The number of aliphatic imine (C=N–C) groups is 1. The highest BCUT2D eigenvalue weighted by Gasteiger charge is 2.11. The maximum Gasteiger partial charge on any atom is 0.0992 e. The lowest BCUT2D eigenvalue weighted by atomic mass is 10.3. The first-order valence-electron chi connectivity index (χ1n) is 2.85. The fourth-order valence-corrected chi connectivity index (χ4v) is 1.46. The number of hydrogen-bond donors (Lipinski definition) is 0. The molecule has 0 spiro atoms. The third kappa shape index (κ3) is 1.24. The third-order valence-corrected chi connectivity index (χ3v) is 2.19. The predicted molar refractivity (Wildman–Crippen MR) is 43.8 cm³/mol. The van der Waals surface area contributed by atoms with Crippen molar-refractivity contribution >= 4 is 17.3 Å². The van der Waals surface area contributed by atoms with Crippen LogP contribution in [0.25, 0.3) is 0 Å². The molecule has 0 aliphatic carbocycles. The number of nitrogens with zero attached hydrogens (tertiary/aromatic N) is 1. The van der Waals surface area contributed by atoms with Gasteiger partial charge in [0.1, 0.15) is 0 Å². The Hall–Kier alpha value is -0.500. The van der Waals surface area contributed by atoms with Gasteiger partial charge >= 0.3 is 0 Å². The molecule has 0 N–H and O–H groups in total. The first-order valence-corrected chi connectivity index (χ1v) is 3.73. The lowest BCUT2D eigenvalue weighted by Gasteiger charge is -1.98. The highest BCUT2D eigenvalue weighted by molar-refractivity contribution is 8.15. The molecule has 1 aliphatic heterocycles. The van der Waals surface area contributed by atoms with Gasteiger partial charge in [-0.1, -0.05) is 23.9 Å². The number of rotatable bonds is 1. The molecule has 1 aliphatic rings. The largest absolute Gasteiger partial charge is 0.273 e. The molecular formula is C7H9NS. The van der Waals surface area contributed by atoms with E-state index in [1.807, 2.05) is 18.5 Å². The highest BCUT2D eigenvalue weighted by Crippen LogP contribution is 2.26. The first-order chi connectivity index (χ1) is 4.38. The van der Waals surface area contributed by atoms with Crippen LogP contribution < -0.4 is 0 Å². The van der Waals surface area contributed by atoms with E-state index < -0.39 is 0 Å². The SMILES string of the molecule is C=CC1N=CS/C1=C/C. The summed E-state index contributed by atoms with van der Waals surface area (Å²) in [6.07, 6.45) is 3.93. The minimum atomic E-state index is 0.236. The summed E-state index contributed by atoms with van der Waals surface area (Å²) >= 11 is 1.67. The molecular weight excluding hydrogens is 130 g/mol. The number of hydrogen-bond acceptors (Lipinski definition) is 2. The van der Waals surface area contributed by atoms with E-state index in [9.17, 15) is 0 Å². The minimum Gasteiger partial charge on any atom is -0.273 e. The fourth-order valence-electron chi connectivity index (χ4n) is 0.716. The van der Waals surface area contributed by atoms with E-state index in [1.54, 1.807) is 11.8 Å². The molecule has 0 radical (unpaired) electrons. The summed E-state index contributed by atoms with van der Waals surface area (Å²) in [6.45, 7) is 5.69. The van der Waals surface area contributed by atoms with Crippen LogP contribution in [0.3, 0.4) is 0 Å². The van der Waals surface area contributed by atoms with Gasteiger partial charge in [0.15, 0.2) is 0 Å². The van der Waals surface area contributed by atoms with Gasteiger partial charge in [-0.25, -0.2) is 0 Å². The third-order valence-electron chi connectivity index (χ3n) is 1.21. The van der Waals surface area contributed by atoms with Gasteiger partial charge in [0.25, 0.3) is 0 Å². The second-order valence-electron chi connectivity index (χ2n) is 1.74. The van der Waals surface area contributed by atoms with Gasteiger partial charge in [0.05, 0.1) is 11.6 Å². The van der Waals surface area contributed by atoms with E-state index >= 15 is 0 Å². The second-order valence-corrected chi connectivity index (χ2v) is 2.66. The molecule has 1 unspecified atom stereocenters. The molecule has 0 saturated carbocycles. The Morgan fingerprint density at radius 2 is 2.67 bits per heavy atom. The summed E-state index contributed by atoms with van der Waals surface area (Å²) in [7, 11) is 0. The summed E-state index contributed by atoms with van der Waals surface area (Å²) in [5, 5.41) is 0. The summed E-state index contributed by atoms with van der Waals surface area (Å²) in [5.74, 6) is 0. The van der Waals surface area contributed by atoms with Gasteiger partial charge in [0, 0.05) is 4.91 Å². The summed E-state index contributed by atoms with van der Waals surface area (Å²) in [4.78, 5) is 5.44. The molecule has 0 saturated heterocycles. The van der Waals surface area contributed by atoms with Crippen LogP contribution in [0, 0.1) is 0 Å². The van der Waals surface area contributed by atoms with Crippen LogP contribution in [0.15, 0.2) is 28.6 Å². The first kappa shape index (κ1) is 6.62. The van der Waals surface area contributed by atoms with Crippen molar-refractivity contribution in [1.82, 2.24) is 0 Å². The van der Waals surface area contributed by atoms with Gasteiger partial charge in [-0.2, -0.15) is 0 Å². The molecule has 48 valence electrons. The van der Waals surface area contributed by atoms with Gasteiger partial charge in [-0.15, -0.1) is 6.58 Å². The smallest absolute Gasteiger partial charge is 0.0992 e. The van der Waals surface area contributed by atoms with E-state index in [1.165, 1.54) is 4.91 Å². The summed E-state index contributed by atoms with van der Waals surface area (Å²) < 4.78 is 0. The summed E-state index contributed by atoms with van der Waals surface area (Å²) in [5.41, 5.74) is 1.86.